The van der Waals surface area contributed by atoms with E-state index in [4.69, 9.17) is 23.2 Å². The van der Waals surface area contributed by atoms with Crippen molar-refractivity contribution in [3.63, 3.8) is 0 Å². The second-order valence-corrected chi connectivity index (χ2v) is 17.9. The van der Waals surface area contributed by atoms with Crippen LogP contribution in [-0.2, 0) is 7.05 Å². The molecule has 304 valence electrons. The van der Waals surface area contributed by atoms with Gasteiger partial charge in [0.05, 0.1) is 27.3 Å². The normalized spacial score (nSPS) is 11.7. The van der Waals surface area contributed by atoms with Gasteiger partial charge in [0, 0.05) is 50.3 Å². The topological polar surface area (TPSA) is 9.86 Å². The molecule has 2 nitrogen and oxygen atoms in total. The van der Waals surface area contributed by atoms with Crippen molar-refractivity contribution in [2.45, 2.75) is 27.7 Å². The van der Waals surface area contributed by atoms with Gasteiger partial charge in [-0.1, -0.05) is 138 Å². The number of hydrogen-bond acceptors (Lipinski definition) is 0. The monoisotopic (exact) mass is 850 g/mol. The second kappa shape index (κ2) is 15.2. The van der Waals surface area contributed by atoms with Crippen molar-refractivity contribution in [1.82, 2.24) is 9.13 Å². The Labute approximate surface area is 378 Å². The van der Waals surface area contributed by atoms with Crippen molar-refractivity contribution in [3.05, 3.63) is 208 Å². The van der Waals surface area contributed by atoms with Crippen molar-refractivity contribution in [2.75, 3.05) is 0 Å². The van der Waals surface area contributed by atoms with Crippen LogP contribution in [-0.4, -0.2) is 9.13 Å². The Morgan fingerprint density at radius 2 is 0.746 bits per heavy atom. The highest BCUT2D eigenvalue weighted by molar-refractivity contribution is 6.38. The third kappa shape index (κ3) is 6.39. The maximum absolute atomic E-state index is 7.92. The molecule has 0 saturated carbocycles. The predicted molar refractivity (Wildman–Crippen MR) is 271 cm³/mol. The van der Waals surface area contributed by atoms with Gasteiger partial charge < -0.3 is 9.13 Å². The van der Waals surface area contributed by atoms with E-state index < -0.39 is 0 Å². The Balaban J connectivity index is 1.20. The fraction of sp³-hybridized carbons (Fsp3) is 0.0847. The minimum Gasteiger partial charge on any atom is -0.343 e. The summed E-state index contributed by atoms with van der Waals surface area (Å²) in [5, 5.41) is 5.92. The van der Waals surface area contributed by atoms with Crippen LogP contribution in [0, 0.1) is 27.7 Å². The molecular weight excluding hydrogens is 808 g/mol. The quantitative estimate of drug-likeness (QED) is 0.158. The molecule has 4 heteroatoms. The molecular formula is C59H44Cl2N2. The molecule has 0 atom stereocenters. The van der Waals surface area contributed by atoms with Gasteiger partial charge in [-0.05, 0) is 155 Å². The maximum Gasteiger partial charge on any atom is 0.0726 e. The molecule has 0 saturated heterocycles. The average Bonchev–Trinajstić information content (AvgIpc) is 3.77. The summed E-state index contributed by atoms with van der Waals surface area (Å²) in [6.07, 6.45) is 0. The predicted octanol–water partition coefficient (Wildman–Crippen LogP) is 17.3. The molecule has 0 bridgehead atoms. The zero-order chi connectivity index (χ0) is 43.1. The Morgan fingerprint density at radius 3 is 1.21 bits per heavy atom. The first kappa shape index (κ1) is 39.0. The van der Waals surface area contributed by atoms with E-state index in [9.17, 15) is 0 Å². The van der Waals surface area contributed by atoms with Gasteiger partial charge in [0.15, 0.2) is 0 Å². The van der Waals surface area contributed by atoms with Crippen molar-refractivity contribution >= 4 is 66.8 Å². The Morgan fingerprint density at radius 1 is 0.349 bits per heavy atom. The van der Waals surface area contributed by atoms with Gasteiger partial charge in [-0.25, -0.2) is 0 Å². The first-order valence-corrected chi connectivity index (χ1v) is 22.3. The SMILES string of the molecule is Cc1ccccc1-c1ccc2c(c1)c1cc(-c3ccccc3C)cc(-c3cc(Cl)cc(-n4c5ccc(-c6ccccc6C)cc5c5cc(-c6ccccc6C)ccc54)c3Cl)c1n2C. The molecule has 9 aromatic carbocycles. The highest BCUT2D eigenvalue weighted by Crippen LogP contribution is 2.47. The number of halogens is 2. The molecule has 11 rings (SSSR count). The zero-order valence-electron chi connectivity index (χ0n) is 35.9. The summed E-state index contributed by atoms with van der Waals surface area (Å²) < 4.78 is 4.63. The van der Waals surface area contributed by atoms with E-state index in [1.165, 1.54) is 72.0 Å². The second-order valence-electron chi connectivity index (χ2n) is 17.1. The molecule has 11 aromatic rings. The van der Waals surface area contributed by atoms with Crippen molar-refractivity contribution in [2.24, 2.45) is 7.05 Å². The minimum atomic E-state index is 0.613. The number of aryl methyl sites for hydroxylation is 5. The van der Waals surface area contributed by atoms with Gasteiger partial charge in [0.25, 0.3) is 0 Å². The molecule has 0 amide bonds. The van der Waals surface area contributed by atoms with Crippen LogP contribution in [0.4, 0.5) is 0 Å². The van der Waals surface area contributed by atoms with E-state index in [0.29, 0.717) is 10.0 Å². The lowest BCUT2D eigenvalue weighted by atomic mass is 9.92. The molecule has 0 aliphatic heterocycles. The smallest absolute Gasteiger partial charge is 0.0726 e. The lowest BCUT2D eigenvalue weighted by molar-refractivity contribution is 1.02. The van der Waals surface area contributed by atoms with Crippen LogP contribution in [0.25, 0.3) is 105 Å². The molecule has 0 aliphatic carbocycles. The van der Waals surface area contributed by atoms with Crippen LogP contribution in [0.2, 0.25) is 10.0 Å². The zero-order valence-corrected chi connectivity index (χ0v) is 37.4. The van der Waals surface area contributed by atoms with E-state index in [1.807, 2.05) is 12.1 Å². The maximum atomic E-state index is 7.92. The number of rotatable bonds is 6. The largest absolute Gasteiger partial charge is 0.343 e. The third-order valence-corrected chi connectivity index (χ3v) is 13.8. The van der Waals surface area contributed by atoms with Crippen LogP contribution in [0.15, 0.2) is 176 Å². The number of nitrogens with zero attached hydrogens (tertiary/aromatic N) is 2. The molecule has 0 spiro atoms. The molecule has 2 aromatic heterocycles. The summed E-state index contributed by atoms with van der Waals surface area (Å²) in [6, 6.07) is 63.6. The van der Waals surface area contributed by atoms with Gasteiger partial charge in [0.2, 0.25) is 0 Å². The van der Waals surface area contributed by atoms with E-state index in [2.05, 4.69) is 208 Å². The molecule has 0 N–H and O–H groups in total. The summed E-state index contributed by atoms with van der Waals surface area (Å²) in [5.74, 6) is 0. The summed E-state index contributed by atoms with van der Waals surface area (Å²) >= 11 is 15.2. The van der Waals surface area contributed by atoms with Gasteiger partial charge in [0.1, 0.15) is 0 Å². The molecule has 63 heavy (non-hydrogen) atoms. The van der Waals surface area contributed by atoms with Crippen molar-refractivity contribution in [1.29, 1.82) is 0 Å². The highest BCUT2D eigenvalue weighted by Gasteiger charge is 2.23. The van der Waals surface area contributed by atoms with Gasteiger partial charge in [-0.3, -0.25) is 0 Å². The average molecular weight is 852 g/mol. The lowest BCUT2D eigenvalue weighted by Gasteiger charge is -2.17. The third-order valence-electron chi connectivity index (χ3n) is 13.2. The Hall–Kier alpha value is -6.84. The number of benzene rings is 9. The Bertz CT molecular complexity index is 3560. The summed E-state index contributed by atoms with van der Waals surface area (Å²) in [5.41, 5.74) is 21.6. The fourth-order valence-corrected chi connectivity index (χ4v) is 10.5. The first-order valence-electron chi connectivity index (χ1n) is 21.5. The molecule has 0 fully saturated rings. The van der Waals surface area contributed by atoms with Crippen LogP contribution >= 0.6 is 23.2 Å². The Kier molecular flexibility index (Phi) is 9.42. The standard InChI is InChI=1S/C59H44Cl2N2/c1-35-14-6-10-18-44(35)39-22-25-54-50(30-39)52-31-42(47-21-13-9-17-38(47)4)32-53(59(52)62(54)5)51-33-43(60)34-57(58(51)61)63-55-26-23-40(45-19-11-7-15-36(45)2)28-48(55)49-29-41(24-27-56(49)63)46-20-12-8-16-37(46)3/h6-34H,1-5H3. The molecule has 0 radical (unpaired) electrons. The van der Waals surface area contributed by atoms with E-state index in [0.717, 1.165) is 55.2 Å². The lowest BCUT2D eigenvalue weighted by Crippen LogP contribution is -1.98. The number of fused-ring (bicyclic) bond motifs is 6. The van der Waals surface area contributed by atoms with Crippen molar-refractivity contribution in [3.8, 4) is 61.3 Å². The van der Waals surface area contributed by atoms with Gasteiger partial charge in [-0.15, -0.1) is 0 Å². The van der Waals surface area contributed by atoms with Crippen molar-refractivity contribution < 1.29 is 0 Å². The van der Waals surface area contributed by atoms with Gasteiger partial charge >= 0.3 is 0 Å². The number of hydrogen-bond donors (Lipinski definition) is 0. The molecule has 0 aliphatic rings. The van der Waals surface area contributed by atoms with Gasteiger partial charge in [-0.2, -0.15) is 0 Å². The van der Waals surface area contributed by atoms with E-state index in [1.54, 1.807) is 0 Å². The van der Waals surface area contributed by atoms with Crippen LogP contribution in [0.3, 0.4) is 0 Å². The first-order chi connectivity index (χ1) is 30.6. The summed E-state index contributed by atoms with van der Waals surface area (Å²) in [4.78, 5) is 0. The molecule has 0 unspecified atom stereocenters. The van der Waals surface area contributed by atoms with Crippen LogP contribution in [0.1, 0.15) is 22.3 Å². The summed E-state index contributed by atoms with van der Waals surface area (Å²) in [6.45, 7) is 8.71. The minimum absolute atomic E-state index is 0.613. The van der Waals surface area contributed by atoms with E-state index in [-0.39, 0.29) is 0 Å². The fourth-order valence-electron chi connectivity index (χ4n) is 10.0. The highest BCUT2D eigenvalue weighted by atomic mass is 35.5. The molecule has 2 heterocycles. The van der Waals surface area contributed by atoms with E-state index >= 15 is 0 Å². The number of aromatic nitrogens is 2. The summed E-state index contributed by atoms with van der Waals surface area (Å²) in [7, 11) is 2.17. The van der Waals surface area contributed by atoms with Crippen LogP contribution in [0.5, 0.6) is 0 Å². The van der Waals surface area contributed by atoms with Crippen LogP contribution < -0.4 is 0 Å².